The minimum absolute atomic E-state index is 0.0908. The molecule has 0 aliphatic rings. The van der Waals surface area contributed by atoms with Crippen LogP contribution < -0.4 is 20.1 Å². The van der Waals surface area contributed by atoms with Crippen LogP contribution in [0.2, 0.25) is 0 Å². The van der Waals surface area contributed by atoms with Gasteiger partial charge in [0.05, 0.1) is 19.9 Å². The first-order valence-electron chi connectivity index (χ1n) is 8.35. The molecule has 0 heterocycles. The number of hydrogen-bond acceptors (Lipinski definition) is 4. The molecule has 2 amide bonds. The van der Waals surface area contributed by atoms with Crippen LogP contribution in [-0.4, -0.2) is 32.1 Å². The van der Waals surface area contributed by atoms with Gasteiger partial charge in [-0.1, -0.05) is 26.0 Å². The summed E-state index contributed by atoms with van der Waals surface area (Å²) in [5, 5.41) is 5.61. The summed E-state index contributed by atoms with van der Waals surface area (Å²) >= 11 is 0. The summed E-state index contributed by atoms with van der Waals surface area (Å²) in [5.41, 5.74) is 1.02. The topological polar surface area (TPSA) is 76.7 Å². The third-order valence-electron chi connectivity index (χ3n) is 3.95. The van der Waals surface area contributed by atoms with Crippen LogP contribution in [0.15, 0.2) is 48.5 Å². The molecule has 0 aromatic heterocycles. The molecule has 0 aliphatic carbocycles. The van der Waals surface area contributed by atoms with Crippen molar-refractivity contribution >= 4 is 17.5 Å². The van der Waals surface area contributed by atoms with Gasteiger partial charge < -0.3 is 20.1 Å². The van der Waals surface area contributed by atoms with Gasteiger partial charge in [-0.25, -0.2) is 0 Å². The second-order valence-electron chi connectivity index (χ2n) is 6.11. The van der Waals surface area contributed by atoms with Gasteiger partial charge in [-0.3, -0.25) is 9.59 Å². The molecule has 6 heteroatoms. The minimum Gasteiger partial charge on any atom is -0.497 e. The van der Waals surface area contributed by atoms with Gasteiger partial charge >= 0.3 is 0 Å². The van der Waals surface area contributed by atoms with Gasteiger partial charge in [0.1, 0.15) is 17.5 Å². The summed E-state index contributed by atoms with van der Waals surface area (Å²) < 4.78 is 10.3. The summed E-state index contributed by atoms with van der Waals surface area (Å²) in [7, 11) is 3.10. The Bertz CT molecular complexity index is 757. The Balaban J connectivity index is 2.11. The molecular weight excluding hydrogens is 332 g/mol. The molecule has 26 heavy (non-hydrogen) atoms. The number of carbonyl (C=O) groups excluding carboxylic acids is 2. The first-order valence-corrected chi connectivity index (χ1v) is 8.35. The zero-order valence-electron chi connectivity index (χ0n) is 15.4. The van der Waals surface area contributed by atoms with Crippen molar-refractivity contribution < 1.29 is 19.1 Å². The molecule has 2 N–H and O–H groups in total. The standard InChI is InChI=1S/C20H24N2O4/c1-13(2)18(20(24)21-16-7-5-6-8-17(16)26-4)22-19(23)14-9-11-15(25-3)12-10-14/h5-13,18H,1-4H3,(H,21,24)(H,22,23)/t18-/m0/s1. The molecule has 2 aromatic carbocycles. The van der Waals surface area contributed by atoms with E-state index in [4.69, 9.17) is 9.47 Å². The van der Waals surface area contributed by atoms with Gasteiger partial charge in [0.2, 0.25) is 5.91 Å². The van der Waals surface area contributed by atoms with Crippen LogP contribution in [0, 0.1) is 5.92 Å². The van der Waals surface area contributed by atoms with Gasteiger partial charge in [-0.2, -0.15) is 0 Å². The van der Waals surface area contributed by atoms with E-state index in [0.717, 1.165) is 0 Å². The normalized spacial score (nSPS) is 11.6. The average molecular weight is 356 g/mol. The van der Waals surface area contributed by atoms with Gasteiger partial charge in [-0.05, 0) is 42.3 Å². The highest BCUT2D eigenvalue weighted by Crippen LogP contribution is 2.23. The fraction of sp³-hybridized carbons (Fsp3) is 0.300. The predicted molar refractivity (Wildman–Crippen MR) is 101 cm³/mol. The van der Waals surface area contributed by atoms with Crippen molar-refractivity contribution in [3.63, 3.8) is 0 Å². The van der Waals surface area contributed by atoms with Crippen LogP contribution >= 0.6 is 0 Å². The molecule has 0 aliphatic heterocycles. The Morgan fingerprint density at radius 3 is 2.15 bits per heavy atom. The van der Waals surface area contributed by atoms with Gasteiger partial charge in [0.25, 0.3) is 5.91 Å². The summed E-state index contributed by atoms with van der Waals surface area (Å²) in [5.74, 6) is 0.514. The maximum atomic E-state index is 12.7. The zero-order valence-corrected chi connectivity index (χ0v) is 15.4. The molecule has 0 spiro atoms. The first kappa shape index (κ1) is 19.3. The molecule has 0 saturated carbocycles. The third kappa shape index (κ3) is 4.75. The Hall–Kier alpha value is -3.02. The molecule has 0 radical (unpaired) electrons. The van der Waals surface area contributed by atoms with Crippen LogP contribution in [0.5, 0.6) is 11.5 Å². The predicted octanol–water partition coefficient (Wildman–Crippen LogP) is 3.10. The lowest BCUT2D eigenvalue weighted by Gasteiger charge is -2.22. The van der Waals surface area contributed by atoms with Crippen molar-refractivity contribution in [2.45, 2.75) is 19.9 Å². The Morgan fingerprint density at radius 2 is 1.58 bits per heavy atom. The van der Waals surface area contributed by atoms with E-state index < -0.39 is 6.04 Å². The second-order valence-corrected chi connectivity index (χ2v) is 6.11. The number of anilines is 1. The van der Waals surface area contributed by atoms with Crippen molar-refractivity contribution in [1.29, 1.82) is 0 Å². The number of amides is 2. The SMILES string of the molecule is COc1ccc(C(=O)N[C@H](C(=O)Nc2ccccc2OC)C(C)C)cc1. The number of nitrogens with one attached hydrogen (secondary N) is 2. The van der Waals surface area contributed by atoms with E-state index >= 15 is 0 Å². The zero-order chi connectivity index (χ0) is 19.1. The molecule has 1 atom stereocenters. The lowest BCUT2D eigenvalue weighted by Crippen LogP contribution is -2.47. The van der Waals surface area contributed by atoms with Crippen LogP contribution in [0.4, 0.5) is 5.69 Å². The Morgan fingerprint density at radius 1 is 0.923 bits per heavy atom. The molecule has 0 saturated heterocycles. The summed E-state index contributed by atoms with van der Waals surface area (Å²) in [4.78, 5) is 25.2. The molecule has 0 unspecified atom stereocenters. The van der Waals surface area contributed by atoms with Crippen molar-refractivity contribution in [2.24, 2.45) is 5.92 Å². The van der Waals surface area contributed by atoms with Crippen LogP contribution in [-0.2, 0) is 4.79 Å². The summed E-state index contributed by atoms with van der Waals surface area (Å²) in [6.45, 7) is 3.75. The molecule has 6 nitrogen and oxygen atoms in total. The lowest BCUT2D eigenvalue weighted by atomic mass is 10.0. The number of para-hydroxylation sites is 2. The van der Waals surface area contributed by atoms with Crippen molar-refractivity contribution in [3.8, 4) is 11.5 Å². The minimum atomic E-state index is -0.686. The fourth-order valence-corrected chi connectivity index (χ4v) is 2.46. The number of rotatable bonds is 7. The molecule has 0 bridgehead atoms. The van der Waals surface area contributed by atoms with Gasteiger partial charge in [-0.15, -0.1) is 0 Å². The Labute approximate surface area is 153 Å². The van der Waals surface area contributed by atoms with E-state index in [0.29, 0.717) is 22.7 Å². The maximum absolute atomic E-state index is 12.7. The van der Waals surface area contributed by atoms with Crippen molar-refractivity contribution in [3.05, 3.63) is 54.1 Å². The average Bonchev–Trinajstić information content (AvgIpc) is 2.66. The number of carbonyl (C=O) groups is 2. The van der Waals surface area contributed by atoms with Crippen LogP contribution in [0.1, 0.15) is 24.2 Å². The van der Waals surface area contributed by atoms with Gasteiger partial charge in [0, 0.05) is 5.56 Å². The highest BCUT2D eigenvalue weighted by molar-refractivity contribution is 6.01. The summed E-state index contributed by atoms with van der Waals surface area (Å²) in [6.07, 6.45) is 0. The highest BCUT2D eigenvalue weighted by atomic mass is 16.5. The van der Waals surface area contributed by atoms with Crippen molar-refractivity contribution in [1.82, 2.24) is 5.32 Å². The lowest BCUT2D eigenvalue weighted by molar-refractivity contribution is -0.118. The number of methoxy groups -OCH3 is 2. The number of hydrogen-bond donors (Lipinski definition) is 2. The van der Waals surface area contributed by atoms with Gasteiger partial charge in [0.15, 0.2) is 0 Å². The highest BCUT2D eigenvalue weighted by Gasteiger charge is 2.25. The molecule has 138 valence electrons. The smallest absolute Gasteiger partial charge is 0.251 e. The first-order chi connectivity index (χ1) is 12.5. The molecule has 0 fully saturated rings. The van der Waals surface area contributed by atoms with E-state index in [9.17, 15) is 9.59 Å². The molecule has 2 rings (SSSR count). The van der Waals surface area contributed by atoms with E-state index in [1.807, 2.05) is 19.9 Å². The largest absolute Gasteiger partial charge is 0.497 e. The van der Waals surface area contributed by atoms with E-state index in [1.165, 1.54) is 7.11 Å². The quantitative estimate of drug-likeness (QED) is 0.799. The monoisotopic (exact) mass is 356 g/mol. The third-order valence-corrected chi connectivity index (χ3v) is 3.95. The Kier molecular flexibility index (Phi) is 6.60. The van der Waals surface area contributed by atoms with E-state index in [1.54, 1.807) is 49.6 Å². The van der Waals surface area contributed by atoms with E-state index in [-0.39, 0.29) is 17.7 Å². The summed E-state index contributed by atoms with van der Waals surface area (Å²) in [6, 6.07) is 13.2. The maximum Gasteiger partial charge on any atom is 0.251 e. The van der Waals surface area contributed by atoms with Crippen LogP contribution in [0.25, 0.3) is 0 Å². The number of benzene rings is 2. The molecular formula is C20H24N2O4. The van der Waals surface area contributed by atoms with Crippen LogP contribution in [0.3, 0.4) is 0 Å². The number of ether oxygens (including phenoxy) is 2. The second kappa shape index (κ2) is 8.89. The van der Waals surface area contributed by atoms with E-state index in [2.05, 4.69) is 10.6 Å². The van der Waals surface area contributed by atoms with Crippen molar-refractivity contribution in [2.75, 3.05) is 19.5 Å². The fourth-order valence-electron chi connectivity index (χ4n) is 2.46. The molecule has 2 aromatic rings.